The van der Waals surface area contributed by atoms with Crippen molar-refractivity contribution in [3.05, 3.63) is 38.0 Å². The molecule has 0 spiro atoms. The summed E-state index contributed by atoms with van der Waals surface area (Å²) in [7, 11) is -3.85. The van der Waals surface area contributed by atoms with Gasteiger partial charge in [-0.2, -0.15) is 8.42 Å². The Hall–Kier alpha value is -0.660. The van der Waals surface area contributed by atoms with Crippen molar-refractivity contribution in [3.8, 4) is 0 Å². The maximum absolute atomic E-state index is 10.6. The predicted octanol–water partition coefficient (Wildman–Crippen LogP) is 1.19. The molecule has 0 unspecified atom stereocenters. The van der Waals surface area contributed by atoms with Gasteiger partial charge in [0.15, 0.2) is 0 Å². The Morgan fingerprint density at radius 1 is 1.00 bits per heavy atom. The molecule has 2 N–H and O–H groups in total. The zero-order valence-electron chi connectivity index (χ0n) is 9.00. The van der Waals surface area contributed by atoms with Gasteiger partial charge < -0.3 is 5.73 Å². The van der Waals surface area contributed by atoms with Crippen LogP contribution in [-0.4, -0.2) is 28.2 Å². The Bertz CT molecular complexity index is 259. The molecule has 5 nitrogen and oxygen atoms in total. The largest absolute Gasteiger partial charge is 0.400 e. The number of rotatable bonds is 7. The average molecular weight is 272 g/mol. The van der Waals surface area contributed by atoms with Crippen molar-refractivity contribution in [2.75, 3.05) is 19.8 Å². The normalized spacial score (nSPS) is 9.06. The van der Waals surface area contributed by atoms with E-state index in [1.165, 1.54) is 12.2 Å². The quantitative estimate of drug-likeness (QED) is 0.704. The highest BCUT2D eigenvalue weighted by molar-refractivity contribution is 7.81. The summed E-state index contributed by atoms with van der Waals surface area (Å²) in [4.78, 5) is 0. The third-order valence-corrected chi connectivity index (χ3v) is 1.68. The van der Waals surface area contributed by atoms with Gasteiger partial charge >= 0.3 is 10.4 Å². The third-order valence-electron chi connectivity index (χ3n) is 0.827. The summed E-state index contributed by atoms with van der Waals surface area (Å²) >= 11 is 0. The minimum atomic E-state index is -3.85. The zero-order valence-corrected chi connectivity index (χ0v) is 10.6. The first-order valence-electron chi connectivity index (χ1n) is 4.10. The summed E-state index contributed by atoms with van der Waals surface area (Å²) in [6.07, 6.45) is 4.28. The minimum absolute atomic E-state index is 0. The maximum Gasteiger partial charge on any atom is 0.400 e. The standard InChI is InChI=1S/C6H10O4S.C3H7N.ClH/c1-3-5-9-11(7,8)10-6-4-2;1-2-3-4;/h3-4H,1-2,5-6H2;2H,1,3-4H2;1H. The topological polar surface area (TPSA) is 78.6 Å². The Morgan fingerprint density at radius 2 is 1.31 bits per heavy atom. The molecule has 16 heavy (non-hydrogen) atoms. The SMILES string of the molecule is C=CCN.C=CCOS(=O)(=O)OCC=C.Cl. The van der Waals surface area contributed by atoms with E-state index >= 15 is 0 Å². The Labute approximate surface area is 103 Å². The van der Waals surface area contributed by atoms with Crippen LogP contribution in [0.5, 0.6) is 0 Å². The van der Waals surface area contributed by atoms with E-state index in [9.17, 15) is 8.42 Å². The molecule has 0 amide bonds. The van der Waals surface area contributed by atoms with Crippen LogP contribution >= 0.6 is 12.4 Å². The molecule has 0 saturated heterocycles. The van der Waals surface area contributed by atoms with Crippen molar-refractivity contribution in [1.29, 1.82) is 0 Å². The van der Waals surface area contributed by atoms with Crippen molar-refractivity contribution in [3.63, 3.8) is 0 Å². The van der Waals surface area contributed by atoms with E-state index in [1.807, 2.05) is 0 Å². The van der Waals surface area contributed by atoms with Crippen molar-refractivity contribution in [1.82, 2.24) is 0 Å². The fraction of sp³-hybridized carbons (Fsp3) is 0.333. The highest BCUT2D eigenvalue weighted by Crippen LogP contribution is 1.94. The first-order valence-corrected chi connectivity index (χ1v) is 5.44. The van der Waals surface area contributed by atoms with Crippen LogP contribution in [-0.2, 0) is 18.8 Å². The Balaban J connectivity index is -0.000000292. The second kappa shape index (κ2) is 14.3. The van der Waals surface area contributed by atoms with Crippen molar-refractivity contribution >= 4 is 22.8 Å². The van der Waals surface area contributed by atoms with Crippen molar-refractivity contribution in [2.24, 2.45) is 5.73 Å². The van der Waals surface area contributed by atoms with E-state index in [1.54, 1.807) is 6.08 Å². The molecule has 0 saturated carbocycles. The number of nitrogens with two attached hydrogens (primary N) is 1. The average Bonchev–Trinajstić information content (AvgIpc) is 2.24. The molecule has 0 radical (unpaired) electrons. The smallest absolute Gasteiger partial charge is 0.327 e. The number of hydrogen-bond acceptors (Lipinski definition) is 5. The fourth-order valence-corrected chi connectivity index (χ4v) is 0.891. The van der Waals surface area contributed by atoms with Gasteiger partial charge in [0, 0.05) is 6.54 Å². The molecule has 0 aromatic rings. The van der Waals surface area contributed by atoms with Crippen LogP contribution in [0.15, 0.2) is 38.0 Å². The van der Waals surface area contributed by atoms with E-state index < -0.39 is 10.4 Å². The van der Waals surface area contributed by atoms with Gasteiger partial charge in [-0.1, -0.05) is 18.2 Å². The van der Waals surface area contributed by atoms with Gasteiger partial charge in [0.25, 0.3) is 0 Å². The van der Waals surface area contributed by atoms with Gasteiger partial charge in [0.05, 0.1) is 13.2 Å². The molecule has 0 heterocycles. The van der Waals surface area contributed by atoms with Gasteiger partial charge in [-0.3, -0.25) is 0 Å². The molecule has 0 aliphatic carbocycles. The van der Waals surface area contributed by atoms with Crippen molar-refractivity contribution in [2.45, 2.75) is 0 Å². The lowest BCUT2D eigenvalue weighted by atomic mass is 10.7. The monoisotopic (exact) mass is 271 g/mol. The molecule has 0 aliphatic heterocycles. The van der Waals surface area contributed by atoms with E-state index in [4.69, 9.17) is 5.73 Å². The molecule has 96 valence electrons. The zero-order chi connectivity index (χ0) is 12.2. The van der Waals surface area contributed by atoms with Crippen LogP contribution in [0.1, 0.15) is 0 Å². The summed E-state index contributed by atoms with van der Waals surface area (Å²) in [6, 6.07) is 0. The van der Waals surface area contributed by atoms with Crippen LogP contribution in [0.2, 0.25) is 0 Å². The summed E-state index contributed by atoms with van der Waals surface area (Å²) in [6.45, 7) is 10.3. The lowest BCUT2D eigenvalue weighted by Crippen LogP contribution is -2.09. The fourth-order valence-electron chi connectivity index (χ4n) is 0.297. The van der Waals surface area contributed by atoms with Crippen LogP contribution in [0.25, 0.3) is 0 Å². The number of halogens is 1. The molecule has 0 aromatic carbocycles. The second-order valence-electron chi connectivity index (χ2n) is 2.08. The lowest BCUT2D eigenvalue weighted by Gasteiger charge is -2.00. The maximum atomic E-state index is 10.6. The summed E-state index contributed by atoms with van der Waals surface area (Å²) in [5.74, 6) is 0. The molecule has 0 fully saturated rings. The minimum Gasteiger partial charge on any atom is -0.327 e. The molecule has 7 heteroatoms. The van der Waals surface area contributed by atoms with Gasteiger partial charge in [-0.15, -0.1) is 32.1 Å². The van der Waals surface area contributed by atoms with E-state index in [2.05, 4.69) is 28.1 Å². The molecular weight excluding hydrogens is 254 g/mol. The molecule has 0 aliphatic rings. The van der Waals surface area contributed by atoms with E-state index in [-0.39, 0.29) is 25.6 Å². The van der Waals surface area contributed by atoms with E-state index in [0.29, 0.717) is 6.54 Å². The lowest BCUT2D eigenvalue weighted by molar-refractivity contribution is 0.247. The van der Waals surface area contributed by atoms with Gasteiger partial charge in [0.1, 0.15) is 0 Å². The summed E-state index contributed by atoms with van der Waals surface area (Å²) in [5.41, 5.74) is 4.91. The second-order valence-corrected chi connectivity index (χ2v) is 3.37. The molecule has 0 bridgehead atoms. The Morgan fingerprint density at radius 3 is 1.50 bits per heavy atom. The summed E-state index contributed by atoms with van der Waals surface area (Å²) < 4.78 is 29.7. The van der Waals surface area contributed by atoms with Gasteiger partial charge in [0.2, 0.25) is 0 Å². The van der Waals surface area contributed by atoms with E-state index in [0.717, 1.165) is 0 Å². The molecule has 0 aromatic heterocycles. The highest BCUT2D eigenvalue weighted by Gasteiger charge is 2.08. The van der Waals surface area contributed by atoms with Crippen molar-refractivity contribution < 1.29 is 16.8 Å². The first-order chi connectivity index (χ1) is 7.04. The van der Waals surface area contributed by atoms with Crippen LogP contribution in [0.4, 0.5) is 0 Å². The molecule has 0 rings (SSSR count). The molecular formula is C9H18ClNO4S. The number of hydrogen-bond donors (Lipinski definition) is 1. The predicted molar refractivity (Wildman–Crippen MR) is 67.7 cm³/mol. The Kier molecular flexibility index (Phi) is 18.6. The molecule has 0 atom stereocenters. The van der Waals surface area contributed by atoms with Crippen LogP contribution < -0.4 is 5.73 Å². The van der Waals surface area contributed by atoms with Crippen LogP contribution in [0, 0.1) is 0 Å². The van der Waals surface area contributed by atoms with Gasteiger partial charge in [-0.25, -0.2) is 8.37 Å². The first kappa shape index (κ1) is 20.7. The summed E-state index contributed by atoms with van der Waals surface area (Å²) in [5, 5.41) is 0. The third kappa shape index (κ3) is 19.0. The van der Waals surface area contributed by atoms with Gasteiger partial charge in [-0.05, 0) is 0 Å². The highest BCUT2D eigenvalue weighted by atomic mass is 35.5. The van der Waals surface area contributed by atoms with Crippen LogP contribution in [0.3, 0.4) is 0 Å².